The molecule has 144 valence electrons. The largest absolute Gasteiger partial charge is 0.342 e. The predicted molar refractivity (Wildman–Crippen MR) is 102 cm³/mol. The normalized spacial score (nSPS) is 18.7. The Balaban J connectivity index is 1.51. The minimum atomic E-state index is -0.455. The summed E-state index contributed by atoms with van der Waals surface area (Å²) >= 11 is 0. The van der Waals surface area contributed by atoms with Crippen molar-refractivity contribution in [1.29, 1.82) is 0 Å². The third kappa shape index (κ3) is 4.93. The number of piperidine rings is 2. The monoisotopic (exact) mass is 371 g/mol. The molecule has 2 aliphatic rings. The Bertz CT molecular complexity index is 732. The van der Waals surface area contributed by atoms with Crippen molar-refractivity contribution < 1.29 is 14.5 Å². The van der Waals surface area contributed by atoms with E-state index >= 15 is 0 Å². The summed E-state index contributed by atoms with van der Waals surface area (Å²) < 4.78 is 0. The highest BCUT2D eigenvalue weighted by Crippen LogP contribution is 2.22. The molecule has 2 saturated heterocycles. The van der Waals surface area contributed by atoms with Crippen molar-refractivity contribution >= 4 is 23.6 Å². The zero-order valence-electron chi connectivity index (χ0n) is 15.4. The highest BCUT2D eigenvalue weighted by Gasteiger charge is 2.30. The maximum Gasteiger partial charge on any atom is 0.270 e. The number of nitrogens with zero attached hydrogens (tertiary/aromatic N) is 3. The summed E-state index contributed by atoms with van der Waals surface area (Å²) in [6, 6.07) is 6.18. The smallest absolute Gasteiger partial charge is 0.270 e. The number of likely N-dealkylation sites (tertiary alicyclic amines) is 2. The Morgan fingerprint density at radius 3 is 2.41 bits per heavy atom. The molecule has 27 heavy (non-hydrogen) atoms. The molecule has 7 nitrogen and oxygen atoms in total. The summed E-state index contributed by atoms with van der Waals surface area (Å²) in [5, 5.41) is 10.8. The molecule has 0 N–H and O–H groups in total. The molecule has 0 unspecified atom stereocenters. The van der Waals surface area contributed by atoms with Crippen LogP contribution in [-0.4, -0.2) is 52.7 Å². The van der Waals surface area contributed by atoms with Crippen LogP contribution in [0.1, 0.15) is 37.7 Å². The average molecular weight is 371 g/mol. The topological polar surface area (TPSA) is 83.8 Å². The van der Waals surface area contributed by atoms with Crippen LogP contribution in [0.5, 0.6) is 0 Å². The lowest BCUT2D eigenvalue weighted by Crippen LogP contribution is -2.45. The van der Waals surface area contributed by atoms with E-state index in [9.17, 15) is 19.7 Å². The molecule has 0 radical (unpaired) electrons. The van der Waals surface area contributed by atoms with E-state index in [0.717, 1.165) is 25.9 Å². The van der Waals surface area contributed by atoms with Crippen LogP contribution in [0.3, 0.4) is 0 Å². The second-order valence-corrected chi connectivity index (χ2v) is 7.17. The molecule has 1 aromatic carbocycles. The SMILES string of the molecule is O=C(/C=C/c1cccc([N+](=O)[O-])c1)N1CCC(C(=O)N2CCCCC2)CC1. The predicted octanol–water partition coefficient (Wildman–Crippen LogP) is 2.86. The second-order valence-electron chi connectivity index (χ2n) is 7.17. The number of hydrogen-bond acceptors (Lipinski definition) is 4. The Kier molecular flexibility index (Phi) is 6.21. The molecule has 0 spiro atoms. The van der Waals surface area contributed by atoms with Crippen LogP contribution in [0.4, 0.5) is 5.69 Å². The molecule has 3 rings (SSSR count). The first-order valence-electron chi connectivity index (χ1n) is 9.55. The minimum absolute atomic E-state index is 0.00152. The van der Waals surface area contributed by atoms with Crippen LogP contribution in [-0.2, 0) is 9.59 Å². The van der Waals surface area contributed by atoms with Gasteiger partial charge in [0, 0.05) is 50.3 Å². The van der Waals surface area contributed by atoms with Gasteiger partial charge < -0.3 is 9.80 Å². The Morgan fingerprint density at radius 2 is 1.74 bits per heavy atom. The van der Waals surface area contributed by atoms with E-state index in [0.29, 0.717) is 31.5 Å². The summed E-state index contributed by atoms with van der Waals surface area (Å²) in [6.45, 7) is 2.87. The summed E-state index contributed by atoms with van der Waals surface area (Å²) in [4.78, 5) is 39.0. The van der Waals surface area contributed by atoms with E-state index < -0.39 is 4.92 Å². The van der Waals surface area contributed by atoms with Crippen molar-refractivity contribution in [3.8, 4) is 0 Å². The average Bonchev–Trinajstić information content (AvgIpc) is 2.72. The molecule has 0 aromatic heterocycles. The number of hydrogen-bond donors (Lipinski definition) is 0. The van der Waals surface area contributed by atoms with E-state index in [-0.39, 0.29) is 23.4 Å². The van der Waals surface area contributed by atoms with E-state index in [4.69, 9.17) is 0 Å². The number of carbonyl (C=O) groups is 2. The van der Waals surface area contributed by atoms with E-state index in [1.807, 2.05) is 4.90 Å². The van der Waals surface area contributed by atoms with Crippen LogP contribution in [0.15, 0.2) is 30.3 Å². The Labute approximate surface area is 158 Å². The number of non-ortho nitro benzene ring substituents is 1. The maximum absolute atomic E-state index is 12.6. The van der Waals surface area contributed by atoms with Crippen LogP contribution in [0.25, 0.3) is 6.08 Å². The van der Waals surface area contributed by atoms with Crippen LogP contribution in [0, 0.1) is 16.0 Å². The quantitative estimate of drug-likeness (QED) is 0.463. The number of benzene rings is 1. The van der Waals surface area contributed by atoms with Crippen molar-refractivity contribution in [2.45, 2.75) is 32.1 Å². The lowest BCUT2D eigenvalue weighted by atomic mass is 9.94. The van der Waals surface area contributed by atoms with Crippen LogP contribution >= 0.6 is 0 Å². The lowest BCUT2D eigenvalue weighted by Gasteiger charge is -2.35. The zero-order chi connectivity index (χ0) is 19.2. The molecular weight excluding hydrogens is 346 g/mol. The summed E-state index contributed by atoms with van der Waals surface area (Å²) in [5.41, 5.74) is 0.620. The molecule has 0 atom stereocenters. The maximum atomic E-state index is 12.6. The van der Waals surface area contributed by atoms with E-state index in [1.165, 1.54) is 24.6 Å². The Hall–Kier alpha value is -2.70. The zero-order valence-corrected chi connectivity index (χ0v) is 15.4. The number of amides is 2. The van der Waals surface area contributed by atoms with Crippen molar-refractivity contribution in [1.82, 2.24) is 9.80 Å². The number of nitro groups is 1. The van der Waals surface area contributed by atoms with Gasteiger partial charge in [0.05, 0.1) is 4.92 Å². The van der Waals surface area contributed by atoms with Gasteiger partial charge >= 0.3 is 0 Å². The van der Waals surface area contributed by atoms with Gasteiger partial charge in [0.2, 0.25) is 11.8 Å². The molecule has 0 bridgehead atoms. The first-order chi connectivity index (χ1) is 13.0. The molecule has 2 fully saturated rings. The third-order valence-corrected chi connectivity index (χ3v) is 5.32. The van der Waals surface area contributed by atoms with E-state index in [1.54, 1.807) is 23.1 Å². The van der Waals surface area contributed by atoms with Gasteiger partial charge in [0.1, 0.15) is 0 Å². The molecule has 0 saturated carbocycles. The fourth-order valence-electron chi connectivity index (χ4n) is 3.73. The van der Waals surface area contributed by atoms with Gasteiger partial charge in [-0.3, -0.25) is 19.7 Å². The lowest BCUT2D eigenvalue weighted by molar-refractivity contribution is -0.384. The molecule has 7 heteroatoms. The van der Waals surface area contributed by atoms with E-state index in [2.05, 4.69) is 0 Å². The van der Waals surface area contributed by atoms with Gasteiger partial charge in [-0.15, -0.1) is 0 Å². The van der Waals surface area contributed by atoms with Crippen molar-refractivity contribution in [3.05, 3.63) is 46.0 Å². The molecule has 2 aliphatic heterocycles. The fraction of sp³-hybridized carbons (Fsp3) is 0.500. The van der Waals surface area contributed by atoms with Gasteiger partial charge in [-0.05, 0) is 43.7 Å². The fourth-order valence-corrected chi connectivity index (χ4v) is 3.73. The Morgan fingerprint density at radius 1 is 1.04 bits per heavy atom. The summed E-state index contributed by atoms with van der Waals surface area (Å²) in [5.74, 6) is 0.146. The number of carbonyl (C=O) groups excluding carboxylic acids is 2. The van der Waals surface area contributed by atoms with Crippen LogP contribution in [0.2, 0.25) is 0 Å². The molecule has 0 aliphatic carbocycles. The van der Waals surface area contributed by atoms with Gasteiger partial charge in [0.15, 0.2) is 0 Å². The van der Waals surface area contributed by atoms with Gasteiger partial charge in [-0.25, -0.2) is 0 Å². The standard InChI is InChI=1S/C20H25N3O4/c24-19(8-7-16-5-4-6-18(15-16)23(26)27)21-13-9-17(10-14-21)20(25)22-11-2-1-3-12-22/h4-8,15,17H,1-3,9-14H2/b8-7+. The number of rotatable bonds is 4. The summed E-state index contributed by atoms with van der Waals surface area (Å²) in [6.07, 6.45) is 7.83. The third-order valence-electron chi connectivity index (χ3n) is 5.32. The highest BCUT2D eigenvalue weighted by molar-refractivity contribution is 5.92. The molecule has 1 aromatic rings. The van der Waals surface area contributed by atoms with Crippen molar-refractivity contribution in [3.63, 3.8) is 0 Å². The minimum Gasteiger partial charge on any atom is -0.342 e. The molecule has 2 amide bonds. The van der Waals surface area contributed by atoms with Gasteiger partial charge in [-0.2, -0.15) is 0 Å². The summed E-state index contributed by atoms with van der Waals surface area (Å²) in [7, 11) is 0. The van der Waals surface area contributed by atoms with Crippen LogP contribution < -0.4 is 0 Å². The van der Waals surface area contributed by atoms with Gasteiger partial charge in [0.25, 0.3) is 5.69 Å². The number of nitro benzene ring substituents is 1. The van der Waals surface area contributed by atoms with Gasteiger partial charge in [-0.1, -0.05) is 12.1 Å². The van der Waals surface area contributed by atoms with Crippen molar-refractivity contribution in [2.24, 2.45) is 5.92 Å². The first-order valence-corrected chi connectivity index (χ1v) is 9.55. The molecule has 2 heterocycles. The first kappa shape index (κ1) is 19.1. The highest BCUT2D eigenvalue weighted by atomic mass is 16.6. The van der Waals surface area contributed by atoms with Crippen molar-refractivity contribution in [2.75, 3.05) is 26.2 Å². The second kappa shape index (κ2) is 8.79. The molecular formula is C20H25N3O4.